The lowest BCUT2D eigenvalue weighted by molar-refractivity contribution is -0.141. The number of sulfonamides is 1. The first-order chi connectivity index (χ1) is 9.87. The summed E-state index contributed by atoms with van der Waals surface area (Å²) in [6.07, 6.45) is 2.71. The maximum absolute atomic E-state index is 12.7. The van der Waals surface area contributed by atoms with Gasteiger partial charge in [-0.25, -0.2) is 12.7 Å². The molecule has 3 unspecified atom stereocenters. The van der Waals surface area contributed by atoms with Gasteiger partial charge >= 0.3 is 5.97 Å². The molecule has 1 amide bonds. The third kappa shape index (κ3) is 3.21. The highest BCUT2D eigenvalue weighted by molar-refractivity contribution is 7.89. The van der Waals surface area contributed by atoms with E-state index in [0.29, 0.717) is 38.6 Å². The number of nitrogens with one attached hydrogen (secondary N) is 1. The summed E-state index contributed by atoms with van der Waals surface area (Å²) >= 11 is 0. The first-order valence-corrected chi connectivity index (χ1v) is 8.81. The van der Waals surface area contributed by atoms with E-state index in [2.05, 4.69) is 5.32 Å². The Balaban J connectivity index is 2.15. The van der Waals surface area contributed by atoms with Gasteiger partial charge in [-0.3, -0.25) is 9.59 Å². The predicted octanol–water partition coefficient (Wildman–Crippen LogP) is 0.0275. The van der Waals surface area contributed by atoms with Crippen LogP contribution in [0.15, 0.2) is 0 Å². The SMILES string of the molecule is CNC(=O)C1CCCN(S(=O)(=O)C2CCCC2C(=O)O)C1. The topological polar surface area (TPSA) is 104 Å². The minimum atomic E-state index is -3.66. The number of carbonyl (C=O) groups is 2. The van der Waals surface area contributed by atoms with Crippen molar-refractivity contribution in [3.05, 3.63) is 0 Å². The average Bonchev–Trinajstić information content (AvgIpc) is 2.97. The van der Waals surface area contributed by atoms with Crippen LogP contribution in [0.5, 0.6) is 0 Å². The third-order valence-corrected chi connectivity index (χ3v) is 6.89. The molecule has 2 N–H and O–H groups in total. The van der Waals surface area contributed by atoms with Gasteiger partial charge in [-0.05, 0) is 25.7 Å². The van der Waals surface area contributed by atoms with Gasteiger partial charge in [0.2, 0.25) is 15.9 Å². The number of nitrogens with zero attached hydrogens (tertiary/aromatic N) is 1. The summed E-state index contributed by atoms with van der Waals surface area (Å²) in [7, 11) is -2.12. The van der Waals surface area contributed by atoms with Crippen molar-refractivity contribution in [3.8, 4) is 0 Å². The highest BCUT2D eigenvalue weighted by atomic mass is 32.2. The molecule has 0 aromatic carbocycles. The second kappa shape index (κ2) is 6.31. The number of rotatable bonds is 4. The molecular weight excluding hydrogens is 296 g/mol. The van der Waals surface area contributed by atoms with E-state index in [1.807, 2.05) is 0 Å². The van der Waals surface area contributed by atoms with Crippen molar-refractivity contribution in [2.24, 2.45) is 11.8 Å². The van der Waals surface area contributed by atoms with E-state index in [4.69, 9.17) is 0 Å². The molecule has 21 heavy (non-hydrogen) atoms. The van der Waals surface area contributed by atoms with Crippen molar-refractivity contribution in [2.45, 2.75) is 37.4 Å². The number of hydrogen-bond acceptors (Lipinski definition) is 4. The van der Waals surface area contributed by atoms with Crippen LogP contribution in [0.4, 0.5) is 0 Å². The Morgan fingerprint density at radius 1 is 1.19 bits per heavy atom. The lowest BCUT2D eigenvalue weighted by atomic mass is 9.99. The van der Waals surface area contributed by atoms with E-state index in [-0.39, 0.29) is 18.4 Å². The van der Waals surface area contributed by atoms with Gasteiger partial charge in [0, 0.05) is 20.1 Å². The summed E-state index contributed by atoms with van der Waals surface area (Å²) in [5.74, 6) is -2.37. The number of hydrogen-bond donors (Lipinski definition) is 2. The quantitative estimate of drug-likeness (QED) is 0.761. The van der Waals surface area contributed by atoms with Gasteiger partial charge in [0.1, 0.15) is 0 Å². The molecule has 1 aliphatic heterocycles. The summed E-state index contributed by atoms with van der Waals surface area (Å²) in [4.78, 5) is 22.9. The first kappa shape index (κ1) is 16.2. The predicted molar refractivity (Wildman–Crippen MR) is 76.0 cm³/mol. The van der Waals surface area contributed by atoms with Crippen molar-refractivity contribution in [2.75, 3.05) is 20.1 Å². The Labute approximate surface area is 124 Å². The zero-order valence-corrected chi connectivity index (χ0v) is 12.9. The van der Waals surface area contributed by atoms with Crippen LogP contribution in [-0.2, 0) is 19.6 Å². The standard InChI is InChI=1S/C13H22N2O5S/c1-14-12(16)9-4-3-7-15(8-9)21(19,20)11-6-2-5-10(11)13(17)18/h9-11H,2-8H2,1H3,(H,14,16)(H,17,18). The molecule has 2 fully saturated rings. The third-order valence-electron chi connectivity index (χ3n) is 4.51. The zero-order chi connectivity index (χ0) is 15.6. The lowest BCUT2D eigenvalue weighted by Crippen LogP contribution is -2.49. The van der Waals surface area contributed by atoms with Crippen LogP contribution in [0.3, 0.4) is 0 Å². The molecule has 0 bridgehead atoms. The van der Waals surface area contributed by atoms with Gasteiger partial charge in [-0.2, -0.15) is 0 Å². The van der Waals surface area contributed by atoms with Crippen LogP contribution in [0.25, 0.3) is 0 Å². The summed E-state index contributed by atoms with van der Waals surface area (Å²) in [5, 5.41) is 10.9. The van der Waals surface area contributed by atoms with E-state index < -0.39 is 27.2 Å². The van der Waals surface area contributed by atoms with Crippen molar-refractivity contribution in [1.82, 2.24) is 9.62 Å². The van der Waals surface area contributed by atoms with Gasteiger partial charge in [-0.1, -0.05) is 6.42 Å². The molecule has 1 heterocycles. The molecule has 3 atom stereocenters. The van der Waals surface area contributed by atoms with Gasteiger partial charge in [-0.15, -0.1) is 0 Å². The van der Waals surface area contributed by atoms with Gasteiger partial charge in [0.25, 0.3) is 0 Å². The summed E-state index contributed by atoms with van der Waals surface area (Å²) in [5.41, 5.74) is 0. The van der Waals surface area contributed by atoms with Crippen LogP contribution >= 0.6 is 0 Å². The molecule has 120 valence electrons. The van der Waals surface area contributed by atoms with E-state index in [1.165, 1.54) is 11.4 Å². The highest BCUT2D eigenvalue weighted by Gasteiger charge is 2.45. The number of amides is 1. The first-order valence-electron chi connectivity index (χ1n) is 7.31. The van der Waals surface area contributed by atoms with Crippen molar-refractivity contribution < 1.29 is 23.1 Å². The van der Waals surface area contributed by atoms with Crippen LogP contribution in [0.2, 0.25) is 0 Å². The Bertz CT molecular complexity index is 519. The number of piperidine rings is 1. The maximum Gasteiger partial charge on any atom is 0.307 e. The van der Waals surface area contributed by atoms with Gasteiger partial charge in [0.15, 0.2) is 0 Å². The molecular formula is C13H22N2O5S. The molecule has 0 radical (unpaired) electrons. The van der Waals surface area contributed by atoms with Crippen LogP contribution in [-0.4, -0.2) is 55.1 Å². The fourth-order valence-electron chi connectivity index (χ4n) is 3.35. The molecule has 2 aliphatic rings. The second-order valence-corrected chi connectivity index (χ2v) is 7.92. The Kier molecular flexibility index (Phi) is 4.88. The largest absolute Gasteiger partial charge is 0.481 e. The summed E-state index contributed by atoms with van der Waals surface area (Å²) < 4.78 is 26.7. The van der Waals surface area contributed by atoms with Crippen molar-refractivity contribution >= 4 is 21.9 Å². The number of carbonyl (C=O) groups excluding carboxylic acids is 1. The normalized spacial score (nSPS) is 31.0. The zero-order valence-electron chi connectivity index (χ0n) is 12.1. The monoisotopic (exact) mass is 318 g/mol. The molecule has 1 saturated heterocycles. The number of aliphatic carboxylic acids is 1. The molecule has 7 nitrogen and oxygen atoms in total. The second-order valence-electron chi connectivity index (χ2n) is 5.77. The Morgan fingerprint density at radius 2 is 1.90 bits per heavy atom. The minimum absolute atomic E-state index is 0.156. The number of carboxylic acid groups (broad SMARTS) is 1. The molecule has 0 aromatic rings. The molecule has 1 aliphatic carbocycles. The molecule has 0 spiro atoms. The van der Waals surface area contributed by atoms with Crippen LogP contribution < -0.4 is 5.32 Å². The number of carboxylic acids is 1. The highest BCUT2D eigenvalue weighted by Crippen LogP contribution is 2.34. The summed E-state index contributed by atoms with van der Waals surface area (Å²) in [6, 6.07) is 0. The summed E-state index contributed by atoms with van der Waals surface area (Å²) in [6.45, 7) is 0.531. The van der Waals surface area contributed by atoms with Gasteiger partial charge < -0.3 is 10.4 Å². The molecule has 8 heteroatoms. The smallest absolute Gasteiger partial charge is 0.307 e. The van der Waals surface area contributed by atoms with E-state index in [0.717, 1.165) is 0 Å². The maximum atomic E-state index is 12.7. The molecule has 0 aromatic heterocycles. The minimum Gasteiger partial charge on any atom is -0.481 e. The van der Waals surface area contributed by atoms with Gasteiger partial charge in [0.05, 0.1) is 17.1 Å². The fraction of sp³-hybridized carbons (Fsp3) is 0.846. The Hall–Kier alpha value is -1.15. The average molecular weight is 318 g/mol. The Morgan fingerprint density at radius 3 is 2.52 bits per heavy atom. The van der Waals surface area contributed by atoms with Crippen molar-refractivity contribution in [3.63, 3.8) is 0 Å². The van der Waals surface area contributed by atoms with E-state index in [9.17, 15) is 23.1 Å². The lowest BCUT2D eigenvalue weighted by Gasteiger charge is -2.33. The molecule has 1 saturated carbocycles. The molecule has 2 rings (SSSR count). The van der Waals surface area contributed by atoms with Crippen molar-refractivity contribution in [1.29, 1.82) is 0 Å². The van der Waals surface area contributed by atoms with E-state index >= 15 is 0 Å². The van der Waals surface area contributed by atoms with Crippen LogP contribution in [0.1, 0.15) is 32.1 Å². The van der Waals surface area contributed by atoms with Crippen LogP contribution in [0, 0.1) is 11.8 Å². The fourth-order valence-corrected chi connectivity index (χ4v) is 5.63. The van der Waals surface area contributed by atoms with E-state index in [1.54, 1.807) is 0 Å².